The number of hydrogen-bond donors (Lipinski definition) is 2. The predicted molar refractivity (Wildman–Crippen MR) is 127 cm³/mol. The summed E-state index contributed by atoms with van der Waals surface area (Å²) in [7, 11) is -3.81. The molecule has 0 saturated carbocycles. The summed E-state index contributed by atoms with van der Waals surface area (Å²) in [5, 5.41) is 3.78. The molecule has 1 amide bonds. The van der Waals surface area contributed by atoms with E-state index in [2.05, 4.69) is 21.1 Å². The van der Waals surface area contributed by atoms with Gasteiger partial charge in [-0.2, -0.15) is 0 Å². The average Bonchev–Trinajstić information content (AvgIpc) is 3.31. The lowest BCUT2D eigenvalue weighted by molar-refractivity contribution is 0.102. The average molecular weight is 482 g/mol. The second-order valence-corrected chi connectivity index (χ2v) is 10.4. The number of amides is 1. The van der Waals surface area contributed by atoms with E-state index >= 15 is 0 Å². The molecule has 0 fully saturated rings. The van der Waals surface area contributed by atoms with Gasteiger partial charge < -0.3 is 0 Å². The van der Waals surface area contributed by atoms with Crippen molar-refractivity contribution >= 4 is 49.7 Å². The van der Waals surface area contributed by atoms with Crippen LogP contribution in [0.15, 0.2) is 77.7 Å². The number of nitrogens with one attached hydrogen (secondary N) is 2. The molecule has 0 bridgehead atoms. The first-order chi connectivity index (χ1) is 15.4. The number of sulfonamides is 1. The quantitative estimate of drug-likeness (QED) is 0.351. The van der Waals surface area contributed by atoms with Gasteiger partial charge in [0.25, 0.3) is 15.9 Å². The third-order valence-corrected chi connectivity index (χ3v) is 7.66. The molecule has 160 valence electrons. The van der Waals surface area contributed by atoms with Crippen LogP contribution >= 0.6 is 22.9 Å². The summed E-state index contributed by atoms with van der Waals surface area (Å²) in [5.41, 5.74) is 3.84. The Morgan fingerprint density at radius 1 is 1.00 bits per heavy atom. The smallest absolute Gasteiger partial charge is 0.261 e. The zero-order chi connectivity index (χ0) is 22.3. The van der Waals surface area contributed by atoms with Gasteiger partial charge in [-0.3, -0.25) is 14.8 Å². The first kappa shape index (κ1) is 20.7. The molecular formula is C23H16ClN3O3S2. The molecule has 0 aliphatic heterocycles. The van der Waals surface area contributed by atoms with E-state index in [1.54, 1.807) is 18.2 Å². The fraction of sp³-hybridized carbons (Fsp3) is 0.0435. The minimum absolute atomic E-state index is 0.0781. The van der Waals surface area contributed by atoms with Crippen LogP contribution in [0.25, 0.3) is 11.3 Å². The van der Waals surface area contributed by atoms with E-state index < -0.39 is 10.0 Å². The standard InChI is InChI=1S/C23H16ClN3O3S2/c24-16-8-10-18(11-9-16)32(29,30)27-17-6-3-5-15(12-17)22(28)26-23-25-21-19-7-2-1-4-14(19)13-20(21)31-23/h1-12,27H,13H2,(H,25,26,28). The molecule has 32 heavy (non-hydrogen) atoms. The van der Waals surface area contributed by atoms with Crippen molar-refractivity contribution in [3.63, 3.8) is 0 Å². The molecule has 1 heterocycles. The summed E-state index contributed by atoms with van der Waals surface area (Å²) in [6.07, 6.45) is 0.807. The highest BCUT2D eigenvalue weighted by Gasteiger charge is 2.23. The van der Waals surface area contributed by atoms with Crippen LogP contribution in [0.3, 0.4) is 0 Å². The van der Waals surface area contributed by atoms with Crippen molar-refractivity contribution in [2.24, 2.45) is 0 Å². The number of rotatable bonds is 5. The molecule has 0 radical (unpaired) electrons. The molecular weight excluding hydrogens is 466 g/mol. The third kappa shape index (κ3) is 4.00. The number of carbonyl (C=O) groups excluding carboxylic acids is 1. The minimum atomic E-state index is -3.81. The number of carbonyl (C=O) groups is 1. The van der Waals surface area contributed by atoms with Crippen molar-refractivity contribution < 1.29 is 13.2 Å². The lowest BCUT2D eigenvalue weighted by Crippen LogP contribution is -2.15. The molecule has 0 atom stereocenters. The van der Waals surface area contributed by atoms with Gasteiger partial charge in [0.2, 0.25) is 0 Å². The number of benzene rings is 3. The second-order valence-electron chi connectivity index (χ2n) is 7.22. The molecule has 6 nitrogen and oxygen atoms in total. The van der Waals surface area contributed by atoms with Gasteiger partial charge in [0.1, 0.15) is 0 Å². The Balaban J connectivity index is 1.33. The van der Waals surface area contributed by atoms with Gasteiger partial charge in [0.15, 0.2) is 5.13 Å². The summed E-state index contributed by atoms with van der Waals surface area (Å²) in [4.78, 5) is 18.6. The highest BCUT2D eigenvalue weighted by Crippen LogP contribution is 2.40. The lowest BCUT2D eigenvalue weighted by atomic mass is 10.1. The molecule has 1 aliphatic carbocycles. The number of nitrogens with zero attached hydrogens (tertiary/aromatic N) is 1. The Labute approximate surface area is 194 Å². The Kier molecular flexibility index (Phi) is 5.21. The highest BCUT2D eigenvalue weighted by molar-refractivity contribution is 7.92. The molecule has 9 heteroatoms. The number of anilines is 2. The van der Waals surface area contributed by atoms with Crippen LogP contribution in [0, 0.1) is 0 Å². The highest BCUT2D eigenvalue weighted by atomic mass is 35.5. The van der Waals surface area contributed by atoms with Crippen molar-refractivity contribution in [1.82, 2.24) is 4.98 Å². The van der Waals surface area contributed by atoms with E-state index in [1.165, 1.54) is 47.2 Å². The number of fused-ring (bicyclic) bond motifs is 3. The third-order valence-electron chi connectivity index (χ3n) is 5.04. The summed E-state index contributed by atoms with van der Waals surface area (Å²) in [6.45, 7) is 0. The van der Waals surface area contributed by atoms with Crippen molar-refractivity contribution in [2.45, 2.75) is 11.3 Å². The summed E-state index contributed by atoms with van der Waals surface area (Å²) in [6, 6.07) is 20.2. The van der Waals surface area contributed by atoms with Crippen LogP contribution in [-0.2, 0) is 16.4 Å². The van der Waals surface area contributed by atoms with Crippen LogP contribution in [0.5, 0.6) is 0 Å². The van der Waals surface area contributed by atoms with Crippen LogP contribution in [0.2, 0.25) is 5.02 Å². The first-order valence-electron chi connectivity index (χ1n) is 9.67. The van der Waals surface area contributed by atoms with Gasteiger partial charge in [-0.15, -0.1) is 11.3 Å². The van der Waals surface area contributed by atoms with Crippen molar-refractivity contribution in [1.29, 1.82) is 0 Å². The van der Waals surface area contributed by atoms with Crippen LogP contribution in [0.4, 0.5) is 10.8 Å². The number of halogens is 1. The molecule has 0 unspecified atom stereocenters. The molecule has 3 aromatic carbocycles. The maximum atomic E-state index is 12.8. The number of aromatic nitrogens is 1. The van der Waals surface area contributed by atoms with Crippen molar-refractivity contribution in [3.05, 3.63) is 93.8 Å². The molecule has 2 N–H and O–H groups in total. The molecule has 5 rings (SSSR count). The largest absolute Gasteiger partial charge is 0.298 e. The van der Waals surface area contributed by atoms with Crippen molar-refractivity contribution in [3.8, 4) is 11.3 Å². The predicted octanol–water partition coefficient (Wildman–Crippen LogP) is 5.42. The SMILES string of the molecule is O=C(Nc1nc2c(s1)Cc1ccccc1-2)c1cccc(NS(=O)(=O)c2ccc(Cl)cc2)c1. The van der Waals surface area contributed by atoms with E-state index in [9.17, 15) is 13.2 Å². The minimum Gasteiger partial charge on any atom is -0.298 e. The Hall–Kier alpha value is -3.20. The van der Waals surface area contributed by atoms with Gasteiger partial charge in [-0.25, -0.2) is 13.4 Å². The Morgan fingerprint density at radius 3 is 2.59 bits per heavy atom. The maximum Gasteiger partial charge on any atom is 0.261 e. The fourth-order valence-corrected chi connectivity index (χ4v) is 5.70. The molecule has 0 saturated heterocycles. The summed E-state index contributed by atoms with van der Waals surface area (Å²) < 4.78 is 27.7. The lowest BCUT2D eigenvalue weighted by Gasteiger charge is -2.09. The maximum absolute atomic E-state index is 12.8. The zero-order valence-corrected chi connectivity index (χ0v) is 18.9. The van der Waals surface area contributed by atoms with E-state index in [0.29, 0.717) is 15.7 Å². The monoisotopic (exact) mass is 481 g/mol. The van der Waals surface area contributed by atoms with E-state index in [-0.39, 0.29) is 16.5 Å². The number of hydrogen-bond acceptors (Lipinski definition) is 5. The van der Waals surface area contributed by atoms with E-state index in [1.807, 2.05) is 18.2 Å². The topological polar surface area (TPSA) is 88.2 Å². The summed E-state index contributed by atoms with van der Waals surface area (Å²) in [5.74, 6) is -0.363. The molecule has 1 aromatic heterocycles. The van der Waals surface area contributed by atoms with E-state index in [0.717, 1.165) is 22.6 Å². The van der Waals surface area contributed by atoms with Gasteiger partial charge in [0, 0.05) is 33.1 Å². The van der Waals surface area contributed by atoms with Gasteiger partial charge in [0.05, 0.1) is 10.6 Å². The van der Waals surface area contributed by atoms with Crippen LogP contribution < -0.4 is 10.0 Å². The second kappa shape index (κ2) is 8.05. The van der Waals surface area contributed by atoms with Gasteiger partial charge in [-0.1, -0.05) is 41.9 Å². The zero-order valence-electron chi connectivity index (χ0n) is 16.5. The Morgan fingerprint density at radius 2 is 1.78 bits per heavy atom. The molecule has 4 aromatic rings. The van der Waals surface area contributed by atoms with Gasteiger partial charge in [-0.05, 0) is 48.0 Å². The van der Waals surface area contributed by atoms with Crippen LogP contribution in [0.1, 0.15) is 20.8 Å². The number of thiazole rings is 1. The van der Waals surface area contributed by atoms with E-state index in [4.69, 9.17) is 11.6 Å². The fourth-order valence-electron chi connectivity index (χ4n) is 3.53. The Bertz CT molecular complexity index is 1450. The normalized spacial score (nSPS) is 12.2. The first-order valence-corrected chi connectivity index (χ1v) is 12.3. The van der Waals surface area contributed by atoms with Crippen molar-refractivity contribution in [2.75, 3.05) is 10.0 Å². The van der Waals surface area contributed by atoms with Gasteiger partial charge >= 0.3 is 0 Å². The van der Waals surface area contributed by atoms with Crippen LogP contribution in [-0.4, -0.2) is 19.3 Å². The molecule has 0 spiro atoms. The molecule has 1 aliphatic rings. The summed E-state index contributed by atoms with van der Waals surface area (Å²) >= 11 is 7.28.